The van der Waals surface area contributed by atoms with Crippen LogP contribution in [0.2, 0.25) is 0 Å². The van der Waals surface area contributed by atoms with Gasteiger partial charge in [0.15, 0.2) is 0 Å². The highest BCUT2D eigenvalue weighted by molar-refractivity contribution is 7.10. The summed E-state index contributed by atoms with van der Waals surface area (Å²) < 4.78 is 5.06. The average molecular weight is 300 g/mol. The van der Waals surface area contributed by atoms with Gasteiger partial charge in [-0.2, -0.15) is 0 Å². The molecule has 0 saturated heterocycles. The molecule has 0 fully saturated rings. The van der Waals surface area contributed by atoms with Crippen LogP contribution in [0.15, 0.2) is 35.7 Å². The van der Waals surface area contributed by atoms with Gasteiger partial charge >= 0.3 is 0 Å². The minimum Gasteiger partial charge on any atom is -0.497 e. The van der Waals surface area contributed by atoms with Gasteiger partial charge in [0.1, 0.15) is 5.75 Å². The molecule has 1 amide bonds. The maximum atomic E-state index is 12.0. The zero-order chi connectivity index (χ0) is 15.1. The molecule has 2 rings (SSSR count). The lowest BCUT2D eigenvalue weighted by molar-refractivity contribution is 0.0951. The molecule has 0 aliphatic carbocycles. The van der Waals surface area contributed by atoms with Crippen molar-refractivity contribution in [2.75, 3.05) is 13.7 Å². The standard InChI is InChI=1S/C16H16N2O2S/c1-20-14-6-4-13(5-7-14)16(19)18-10-15-9-12(11-21-15)3-2-8-17/h4-7,9,11H,8,10,17H2,1H3,(H,18,19). The second kappa shape index (κ2) is 7.48. The molecule has 0 bridgehead atoms. The smallest absolute Gasteiger partial charge is 0.251 e. The van der Waals surface area contributed by atoms with Crippen molar-refractivity contribution in [1.29, 1.82) is 0 Å². The molecule has 4 nitrogen and oxygen atoms in total. The van der Waals surface area contributed by atoms with Gasteiger partial charge in [-0.3, -0.25) is 4.79 Å². The molecule has 0 radical (unpaired) electrons. The minimum absolute atomic E-state index is 0.111. The molecule has 1 aromatic carbocycles. The first-order valence-corrected chi connectivity index (χ1v) is 7.29. The predicted octanol–water partition coefficient (Wildman–Crippen LogP) is 2.00. The van der Waals surface area contributed by atoms with Gasteiger partial charge in [-0.1, -0.05) is 11.8 Å². The molecular formula is C16H16N2O2S. The number of ether oxygens (including phenoxy) is 1. The van der Waals surface area contributed by atoms with Crippen LogP contribution >= 0.6 is 11.3 Å². The summed E-state index contributed by atoms with van der Waals surface area (Å²) in [6.07, 6.45) is 0. The van der Waals surface area contributed by atoms with Gasteiger partial charge in [0.25, 0.3) is 5.91 Å². The third-order valence-electron chi connectivity index (χ3n) is 2.76. The van der Waals surface area contributed by atoms with Crippen molar-refractivity contribution in [2.45, 2.75) is 6.54 Å². The van der Waals surface area contributed by atoms with Gasteiger partial charge in [0.05, 0.1) is 20.2 Å². The number of hydrogen-bond donors (Lipinski definition) is 2. The van der Waals surface area contributed by atoms with E-state index in [1.54, 1.807) is 42.7 Å². The van der Waals surface area contributed by atoms with Crippen LogP contribution < -0.4 is 15.8 Å². The van der Waals surface area contributed by atoms with E-state index >= 15 is 0 Å². The minimum atomic E-state index is -0.111. The lowest BCUT2D eigenvalue weighted by atomic mass is 10.2. The molecule has 0 unspecified atom stereocenters. The van der Waals surface area contributed by atoms with E-state index in [2.05, 4.69) is 17.2 Å². The highest BCUT2D eigenvalue weighted by Gasteiger charge is 2.06. The van der Waals surface area contributed by atoms with Crippen molar-refractivity contribution < 1.29 is 9.53 Å². The van der Waals surface area contributed by atoms with Crippen LogP contribution in [0, 0.1) is 11.8 Å². The number of nitrogens with one attached hydrogen (secondary N) is 1. The summed E-state index contributed by atoms with van der Waals surface area (Å²) in [5, 5.41) is 4.84. The number of rotatable bonds is 4. The number of methoxy groups -OCH3 is 1. The normalized spacial score (nSPS) is 9.62. The Morgan fingerprint density at radius 3 is 2.81 bits per heavy atom. The zero-order valence-corrected chi connectivity index (χ0v) is 12.5. The second-order valence-corrected chi connectivity index (χ2v) is 5.21. The lowest BCUT2D eigenvalue weighted by Crippen LogP contribution is -2.22. The number of carbonyl (C=O) groups excluding carboxylic acids is 1. The molecule has 108 valence electrons. The summed E-state index contributed by atoms with van der Waals surface area (Å²) in [7, 11) is 1.59. The van der Waals surface area contributed by atoms with E-state index in [1.165, 1.54) is 0 Å². The molecule has 3 N–H and O–H groups in total. The first-order chi connectivity index (χ1) is 10.2. The number of nitrogens with two attached hydrogens (primary N) is 1. The third-order valence-corrected chi connectivity index (χ3v) is 3.70. The SMILES string of the molecule is COc1ccc(C(=O)NCc2cc(C#CCN)cs2)cc1. The van der Waals surface area contributed by atoms with Crippen molar-refractivity contribution >= 4 is 17.2 Å². The molecule has 0 atom stereocenters. The van der Waals surface area contributed by atoms with E-state index < -0.39 is 0 Å². The summed E-state index contributed by atoms with van der Waals surface area (Å²) in [6, 6.07) is 8.96. The van der Waals surface area contributed by atoms with Crippen molar-refractivity contribution in [1.82, 2.24) is 5.32 Å². The highest BCUT2D eigenvalue weighted by Crippen LogP contribution is 2.14. The maximum Gasteiger partial charge on any atom is 0.251 e. The van der Waals surface area contributed by atoms with Crippen molar-refractivity contribution in [3.63, 3.8) is 0 Å². The number of amides is 1. The number of hydrogen-bond acceptors (Lipinski definition) is 4. The van der Waals surface area contributed by atoms with E-state index in [9.17, 15) is 4.79 Å². The molecule has 1 aromatic heterocycles. The van der Waals surface area contributed by atoms with Gasteiger partial charge in [0, 0.05) is 21.4 Å². The summed E-state index contributed by atoms with van der Waals surface area (Å²) in [5.74, 6) is 6.39. The Bertz CT molecular complexity index is 666. The fraction of sp³-hybridized carbons (Fsp3) is 0.188. The number of thiophene rings is 1. The van der Waals surface area contributed by atoms with Gasteiger partial charge in [-0.25, -0.2) is 0 Å². The van der Waals surface area contributed by atoms with Crippen LogP contribution in [0.4, 0.5) is 0 Å². The second-order valence-electron chi connectivity index (χ2n) is 4.22. The fourth-order valence-corrected chi connectivity index (χ4v) is 2.46. The molecule has 0 saturated carbocycles. The summed E-state index contributed by atoms with van der Waals surface area (Å²) in [6.45, 7) is 0.833. The fourth-order valence-electron chi connectivity index (χ4n) is 1.70. The largest absolute Gasteiger partial charge is 0.497 e. The summed E-state index contributed by atoms with van der Waals surface area (Å²) in [4.78, 5) is 13.1. The van der Waals surface area contributed by atoms with Crippen LogP contribution in [-0.2, 0) is 6.54 Å². The quantitative estimate of drug-likeness (QED) is 0.849. The molecule has 0 spiro atoms. The molecule has 2 aromatic rings. The Balaban J connectivity index is 1.92. The number of benzene rings is 1. The van der Waals surface area contributed by atoms with Crippen LogP contribution in [0.1, 0.15) is 20.8 Å². The predicted molar refractivity (Wildman–Crippen MR) is 84.4 cm³/mol. The van der Waals surface area contributed by atoms with E-state index in [1.807, 2.05) is 11.4 Å². The molecule has 5 heteroatoms. The molecule has 0 aliphatic heterocycles. The maximum absolute atomic E-state index is 12.0. The highest BCUT2D eigenvalue weighted by atomic mass is 32.1. The first-order valence-electron chi connectivity index (χ1n) is 6.41. The number of carbonyl (C=O) groups is 1. The van der Waals surface area contributed by atoms with Gasteiger partial charge in [0.2, 0.25) is 0 Å². The third kappa shape index (κ3) is 4.35. The molecule has 1 heterocycles. The Morgan fingerprint density at radius 2 is 2.14 bits per heavy atom. The Hall–Kier alpha value is -2.29. The van der Waals surface area contributed by atoms with Gasteiger partial charge in [-0.15, -0.1) is 11.3 Å². The first kappa shape index (κ1) is 15.1. The van der Waals surface area contributed by atoms with Crippen molar-refractivity contribution in [3.05, 3.63) is 51.7 Å². The molecule has 0 aliphatic rings. The topological polar surface area (TPSA) is 64.3 Å². The van der Waals surface area contributed by atoms with Crippen LogP contribution in [0.3, 0.4) is 0 Å². The average Bonchev–Trinajstić information content (AvgIpc) is 2.98. The Morgan fingerprint density at radius 1 is 1.38 bits per heavy atom. The van der Waals surface area contributed by atoms with Gasteiger partial charge < -0.3 is 15.8 Å². The summed E-state index contributed by atoms with van der Waals surface area (Å²) in [5.41, 5.74) is 6.87. The zero-order valence-electron chi connectivity index (χ0n) is 11.7. The van der Waals surface area contributed by atoms with Crippen molar-refractivity contribution in [3.8, 4) is 17.6 Å². The van der Waals surface area contributed by atoms with Gasteiger partial charge in [-0.05, 0) is 30.3 Å². The Kier molecular flexibility index (Phi) is 5.38. The van der Waals surface area contributed by atoms with Crippen molar-refractivity contribution in [2.24, 2.45) is 5.73 Å². The van der Waals surface area contributed by atoms with E-state index in [4.69, 9.17) is 10.5 Å². The summed E-state index contributed by atoms with van der Waals surface area (Å²) >= 11 is 1.57. The molecular weight excluding hydrogens is 284 g/mol. The van der Waals surface area contributed by atoms with Crippen LogP contribution in [0.5, 0.6) is 5.75 Å². The lowest BCUT2D eigenvalue weighted by Gasteiger charge is -2.04. The Labute approximate surface area is 127 Å². The van der Waals surface area contributed by atoms with E-state index in [0.717, 1.165) is 16.2 Å². The molecule has 21 heavy (non-hydrogen) atoms. The van der Waals surface area contributed by atoms with E-state index in [0.29, 0.717) is 18.7 Å². The van der Waals surface area contributed by atoms with Crippen LogP contribution in [-0.4, -0.2) is 19.6 Å². The van der Waals surface area contributed by atoms with E-state index in [-0.39, 0.29) is 5.91 Å². The monoisotopic (exact) mass is 300 g/mol. The van der Waals surface area contributed by atoms with Crippen LogP contribution in [0.25, 0.3) is 0 Å².